The number of esters is 1. The summed E-state index contributed by atoms with van der Waals surface area (Å²) in [5, 5.41) is 3.21. The molecule has 3 rings (SSSR count). The predicted molar refractivity (Wildman–Crippen MR) is 105 cm³/mol. The first-order chi connectivity index (χ1) is 13.5. The van der Waals surface area contributed by atoms with E-state index in [0.29, 0.717) is 41.2 Å². The molecule has 28 heavy (non-hydrogen) atoms. The van der Waals surface area contributed by atoms with Crippen molar-refractivity contribution in [2.75, 3.05) is 20.3 Å². The number of nitrogens with one attached hydrogen (secondary N) is 1. The molecule has 0 aliphatic heterocycles. The summed E-state index contributed by atoms with van der Waals surface area (Å²) in [6, 6.07) is 12.2. The molecule has 0 spiro atoms. The molecule has 2 aromatic rings. The minimum Gasteiger partial charge on any atom is -0.493 e. The van der Waals surface area contributed by atoms with Crippen molar-refractivity contribution in [2.45, 2.75) is 19.4 Å². The van der Waals surface area contributed by atoms with E-state index in [0.717, 1.165) is 18.4 Å². The van der Waals surface area contributed by atoms with Crippen molar-refractivity contribution >= 4 is 23.5 Å². The highest BCUT2D eigenvalue weighted by Gasteiger charge is 2.23. The molecule has 0 heterocycles. The molecular formula is C21H22ClNO5. The summed E-state index contributed by atoms with van der Waals surface area (Å²) in [5.74, 6) is 0.612. The van der Waals surface area contributed by atoms with E-state index in [4.69, 9.17) is 25.8 Å². The Morgan fingerprint density at radius 2 is 1.86 bits per heavy atom. The summed E-state index contributed by atoms with van der Waals surface area (Å²) in [6.45, 7) is 0.608. The second-order valence-electron chi connectivity index (χ2n) is 6.59. The van der Waals surface area contributed by atoms with Gasteiger partial charge in [-0.05, 0) is 54.7 Å². The molecule has 0 unspecified atom stereocenters. The third kappa shape index (κ3) is 5.89. The van der Waals surface area contributed by atoms with Crippen LogP contribution in [0.15, 0.2) is 42.5 Å². The third-order valence-corrected chi connectivity index (χ3v) is 4.56. The molecule has 1 aliphatic carbocycles. The lowest BCUT2D eigenvalue weighted by Crippen LogP contribution is -2.30. The van der Waals surface area contributed by atoms with Crippen LogP contribution in [0.1, 0.15) is 28.8 Å². The van der Waals surface area contributed by atoms with E-state index in [1.807, 2.05) is 12.1 Å². The smallest absolute Gasteiger partial charge is 0.325 e. The van der Waals surface area contributed by atoms with Gasteiger partial charge in [0.15, 0.2) is 11.5 Å². The Balaban J connectivity index is 1.54. The van der Waals surface area contributed by atoms with Gasteiger partial charge in [-0.15, -0.1) is 0 Å². The topological polar surface area (TPSA) is 73.9 Å². The van der Waals surface area contributed by atoms with Gasteiger partial charge in [0.05, 0.1) is 13.7 Å². The molecule has 1 fully saturated rings. The van der Waals surface area contributed by atoms with Crippen molar-refractivity contribution in [1.82, 2.24) is 5.32 Å². The molecule has 1 aliphatic rings. The highest BCUT2D eigenvalue weighted by Crippen LogP contribution is 2.29. The van der Waals surface area contributed by atoms with Gasteiger partial charge in [0, 0.05) is 10.6 Å². The second kappa shape index (κ2) is 9.46. The monoisotopic (exact) mass is 403 g/mol. The minimum absolute atomic E-state index is 0.164. The summed E-state index contributed by atoms with van der Waals surface area (Å²) >= 11 is 5.88. The first-order valence-corrected chi connectivity index (χ1v) is 9.42. The number of ether oxygens (including phenoxy) is 3. The van der Waals surface area contributed by atoms with Crippen LogP contribution in [0.25, 0.3) is 0 Å². The molecule has 6 nitrogen and oxygen atoms in total. The van der Waals surface area contributed by atoms with Crippen LogP contribution in [0, 0.1) is 5.92 Å². The van der Waals surface area contributed by atoms with E-state index in [2.05, 4.69) is 5.32 Å². The maximum atomic E-state index is 12.3. The molecule has 0 bridgehead atoms. The van der Waals surface area contributed by atoms with Crippen molar-refractivity contribution in [3.63, 3.8) is 0 Å². The van der Waals surface area contributed by atoms with Crippen molar-refractivity contribution in [3.05, 3.63) is 58.6 Å². The molecule has 148 valence electrons. The van der Waals surface area contributed by atoms with Crippen LogP contribution in [0.3, 0.4) is 0 Å². The number of amides is 1. The number of carbonyl (C=O) groups excluding carboxylic acids is 2. The van der Waals surface area contributed by atoms with Gasteiger partial charge in [0.25, 0.3) is 5.91 Å². The van der Waals surface area contributed by atoms with Gasteiger partial charge in [-0.2, -0.15) is 0 Å². The van der Waals surface area contributed by atoms with Crippen molar-refractivity contribution in [1.29, 1.82) is 0 Å². The summed E-state index contributed by atoms with van der Waals surface area (Å²) in [7, 11) is 1.50. The molecule has 2 aromatic carbocycles. The molecule has 1 N–H and O–H groups in total. The summed E-state index contributed by atoms with van der Waals surface area (Å²) < 4.78 is 16.2. The van der Waals surface area contributed by atoms with Gasteiger partial charge in [0.2, 0.25) is 0 Å². The van der Waals surface area contributed by atoms with Gasteiger partial charge < -0.3 is 19.5 Å². The Bertz CT molecular complexity index is 833. The van der Waals surface area contributed by atoms with Crippen LogP contribution in [0.4, 0.5) is 0 Å². The first kappa shape index (κ1) is 20.0. The van der Waals surface area contributed by atoms with E-state index in [-0.39, 0.29) is 12.5 Å². The van der Waals surface area contributed by atoms with Crippen LogP contribution in [0.5, 0.6) is 11.5 Å². The van der Waals surface area contributed by atoms with Crippen LogP contribution in [-0.4, -0.2) is 32.1 Å². The molecule has 0 aromatic heterocycles. The van der Waals surface area contributed by atoms with Crippen LogP contribution >= 0.6 is 11.6 Å². The van der Waals surface area contributed by atoms with E-state index < -0.39 is 5.97 Å². The lowest BCUT2D eigenvalue weighted by Gasteiger charge is -2.12. The fourth-order valence-electron chi connectivity index (χ4n) is 2.47. The average molecular weight is 404 g/mol. The Hall–Kier alpha value is -2.73. The summed E-state index contributed by atoms with van der Waals surface area (Å²) in [5.41, 5.74) is 1.32. The lowest BCUT2D eigenvalue weighted by molar-refractivity contribution is -0.142. The molecule has 0 radical (unpaired) electrons. The Labute approximate surface area is 168 Å². The van der Waals surface area contributed by atoms with Gasteiger partial charge >= 0.3 is 5.97 Å². The summed E-state index contributed by atoms with van der Waals surface area (Å²) in [4.78, 5) is 23.9. The fraction of sp³-hybridized carbons (Fsp3) is 0.333. The van der Waals surface area contributed by atoms with E-state index in [1.165, 1.54) is 7.11 Å². The highest BCUT2D eigenvalue weighted by molar-refractivity contribution is 6.30. The standard InChI is InChI=1S/C21H22ClNO5/c1-26-19-10-16(21(25)23-11-20(24)28-13-14-2-3-14)6-9-18(19)27-12-15-4-7-17(22)8-5-15/h4-10,14H,2-3,11-13H2,1H3,(H,23,25). The Morgan fingerprint density at radius 1 is 1.11 bits per heavy atom. The number of carbonyl (C=O) groups is 2. The normalized spacial score (nSPS) is 12.9. The fourth-order valence-corrected chi connectivity index (χ4v) is 2.60. The Morgan fingerprint density at radius 3 is 2.54 bits per heavy atom. The quantitative estimate of drug-likeness (QED) is 0.647. The highest BCUT2D eigenvalue weighted by atomic mass is 35.5. The average Bonchev–Trinajstić information content (AvgIpc) is 3.54. The van der Waals surface area contributed by atoms with Crippen LogP contribution < -0.4 is 14.8 Å². The van der Waals surface area contributed by atoms with Crippen molar-refractivity contribution < 1.29 is 23.8 Å². The Kier molecular flexibility index (Phi) is 6.76. The van der Waals surface area contributed by atoms with Crippen LogP contribution in [0.2, 0.25) is 5.02 Å². The molecule has 7 heteroatoms. The van der Waals surface area contributed by atoms with Crippen LogP contribution in [-0.2, 0) is 16.1 Å². The van der Waals surface area contributed by atoms with Gasteiger partial charge in [-0.25, -0.2) is 0 Å². The maximum Gasteiger partial charge on any atom is 0.325 e. The molecule has 1 amide bonds. The number of halogens is 1. The second-order valence-corrected chi connectivity index (χ2v) is 7.03. The third-order valence-electron chi connectivity index (χ3n) is 4.30. The van der Waals surface area contributed by atoms with E-state index in [9.17, 15) is 9.59 Å². The largest absolute Gasteiger partial charge is 0.493 e. The summed E-state index contributed by atoms with van der Waals surface area (Å²) in [6.07, 6.45) is 2.21. The number of hydrogen-bond acceptors (Lipinski definition) is 5. The number of methoxy groups -OCH3 is 1. The van der Waals surface area contributed by atoms with E-state index >= 15 is 0 Å². The van der Waals surface area contributed by atoms with Gasteiger partial charge in [0.1, 0.15) is 13.2 Å². The number of benzene rings is 2. The number of rotatable bonds is 9. The molecule has 0 saturated heterocycles. The molecular weight excluding hydrogens is 382 g/mol. The predicted octanol–water partition coefficient (Wildman–Crippen LogP) is 3.61. The zero-order chi connectivity index (χ0) is 19.9. The zero-order valence-electron chi connectivity index (χ0n) is 15.6. The van der Waals surface area contributed by atoms with E-state index in [1.54, 1.807) is 30.3 Å². The van der Waals surface area contributed by atoms with Gasteiger partial charge in [-0.1, -0.05) is 23.7 Å². The SMILES string of the molecule is COc1cc(C(=O)NCC(=O)OCC2CC2)ccc1OCc1ccc(Cl)cc1. The lowest BCUT2D eigenvalue weighted by atomic mass is 10.2. The maximum absolute atomic E-state index is 12.3. The first-order valence-electron chi connectivity index (χ1n) is 9.04. The zero-order valence-corrected chi connectivity index (χ0v) is 16.3. The molecule has 0 atom stereocenters. The van der Waals surface area contributed by atoms with Crippen molar-refractivity contribution in [2.24, 2.45) is 5.92 Å². The minimum atomic E-state index is -0.435. The number of hydrogen-bond donors (Lipinski definition) is 1. The van der Waals surface area contributed by atoms with Gasteiger partial charge in [-0.3, -0.25) is 9.59 Å². The molecule has 1 saturated carbocycles. The van der Waals surface area contributed by atoms with Crippen molar-refractivity contribution in [3.8, 4) is 11.5 Å².